The quantitative estimate of drug-likeness (QED) is 0.0326. The van der Waals surface area contributed by atoms with E-state index >= 15 is 0 Å². The zero-order chi connectivity index (χ0) is 68.7. The van der Waals surface area contributed by atoms with Crippen LogP contribution in [0.15, 0.2) is 115 Å². The van der Waals surface area contributed by atoms with E-state index in [9.17, 15) is 28.8 Å². The Kier molecular flexibility index (Phi) is 23.0. The Morgan fingerprint density at radius 2 is 0.876 bits per heavy atom. The summed E-state index contributed by atoms with van der Waals surface area (Å²) in [7, 11) is 0. The Labute approximate surface area is 576 Å². The molecule has 15 atom stereocenters. The third-order valence-electron chi connectivity index (χ3n) is 24.8. The van der Waals surface area contributed by atoms with E-state index in [-0.39, 0.29) is 78.8 Å². The second kappa shape index (κ2) is 31.4. The highest BCUT2D eigenvalue weighted by atomic mass is 16.6. The molecule has 0 radical (unpaired) electrons. The fourth-order valence-corrected chi connectivity index (χ4v) is 17.0. The first-order valence-corrected chi connectivity index (χ1v) is 36.7. The number of benzene rings is 5. The summed E-state index contributed by atoms with van der Waals surface area (Å²) in [6.45, 7) is 22.6. The fraction of sp³-hybridized carbons (Fsp3) is 0.571. The lowest BCUT2D eigenvalue weighted by Crippen LogP contribution is -2.42. The number of hydrogen-bond acceptors (Lipinski definition) is 13. The first-order chi connectivity index (χ1) is 46.6. The van der Waals surface area contributed by atoms with Crippen LogP contribution in [0.1, 0.15) is 206 Å². The van der Waals surface area contributed by atoms with Crippen molar-refractivity contribution in [2.24, 2.45) is 75.9 Å². The van der Waals surface area contributed by atoms with Crippen molar-refractivity contribution in [3.8, 4) is 0 Å². The van der Waals surface area contributed by atoms with Gasteiger partial charge in [0.2, 0.25) is 0 Å². The summed E-state index contributed by atoms with van der Waals surface area (Å²) in [5, 5.41) is 0. The van der Waals surface area contributed by atoms with Gasteiger partial charge in [0.25, 0.3) is 0 Å². The van der Waals surface area contributed by atoms with Gasteiger partial charge in [0.15, 0.2) is 6.61 Å². The molecule has 0 amide bonds. The number of hydrogen-bond donors (Lipinski definition) is 0. The second-order valence-electron chi connectivity index (χ2n) is 30.9. The molecule has 13 heteroatoms. The Hall–Kier alpha value is -7.12. The summed E-state index contributed by atoms with van der Waals surface area (Å²) in [5.41, 5.74) is 13.9. The molecule has 13 nitrogen and oxygen atoms in total. The molecule has 520 valence electrons. The van der Waals surface area contributed by atoms with E-state index < -0.39 is 16.8 Å². The van der Waals surface area contributed by atoms with Gasteiger partial charge in [-0.05, 0) is 237 Å². The van der Waals surface area contributed by atoms with Crippen molar-refractivity contribution in [3.05, 3.63) is 176 Å². The first-order valence-electron chi connectivity index (χ1n) is 36.7. The summed E-state index contributed by atoms with van der Waals surface area (Å²) in [6.07, 6.45) is 14.0. The van der Waals surface area contributed by atoms with Crippen LogP contribution in [0.4, 0.5) is 0 Å². The predicted octanol–water partition coefficient (Wildman–Crippen LogP) is 16.0. The highest BCUT2D eigenvalue weighted by molar-refractivity contribution is 5.84. The molecular weight excluding hydrogens is 1220 g/mol. The van der Waals surface area contributed by atoms with Crippen LogP contribution >= 0.6 is 0 Å². The maximum atomic E-state index is 13.3. The summed E-state index contributed by atoms with van der Waals surface area (Å²) in [6, 6.07) is 40.1. The minimum absolute atomic E-state index is 0.0823. The van der Waals surface area contributed by atoms with Gasteiger partial charge in [-0.1, -0.05) is 157 Å². The van der Waals surface area contributed by atoms with E-state index in [1.54, 1.807) is 13.8 Å². The van der Waals surface area contributed by atoms with Crippen LogP contribution in [-0.2, 0) is 107 Å². The van der Waals surface area contributed by atoms with E-state index in [4.69, 9.17) is 33.2 Å². The van der Waals surface area contributed by atoms with Crippen LogP contribution < -0.4 is 0 Å². The van der Waals surface area contributed by atoms with Crippen molar-refractivity contribution in [1.82, 2.24) is 0 Å². The van der Waals surface area contributed by atoms with E-state index in [0.717, 1.165) is 94.4 Å². The highest BCUT2D eigenvalue weighted by Gasteiger charge is 2.61. The average molecular weight is 1320 g/mol. The second-order valence-corrected chi connectivity index (χ2v) is 30.9. The number of carbonyl (C=O) groups is 6. The smallest absolute Gasteiger partial charge is 0.344 e. The number of fused-ring (bicyclic) bond motifs is 9. The summed E-state index contributed by atoms with van der Waals surface area (Å²) < 4.78 is 38.4. The van der Waals surface area contributed by atoms with Gasteiger partial charge < -0.3 is 33.2 Å². The minimum Gasteiger partial charge on any atom is -0.465 e. The molecule has 9 aliphatic carbocycles. The molecule has 0 aromatic heterocycles. The number of esters is 6. The topological polar surface area (TPSA) is 167 Å². The van der Waals surface area contributed by atoms with Crippen molar-refractivity contribution in [3.63, 3.8) is 0 Å². The van der Waals surface area contributed by atoms with Gasteiger partial charge in [0.05, 0.1) is 61.1 Å². The molecule has 0 aliphatic heterocycles. The molecule has 0 heterocycles. The number of ether oxygens (including phenoxy) is 7. The molecule has 5 aromatic carbocycles. The van der Waals surface area contributed by atoms with Gasteiger partial charge in [-0.3, -0.25) is 24.0 Å². The average Bonchev–Trinajstić information content (AvgIpc) is 1.56. The maximum Gasteiger partial charge on any atom is 0.344 e. The standard InChI is InChI=1S/C31H36O4.C20H26O2.C17H22O4.C16H22O3/c1-18-19(2)27-17-26(18)28(30(32)34-13-11-22-15-20-7-3-5-9-24(20)22)29(27)31(33)35-14-12-23-16-21-8-4-6-10-25(21)23;1-12-13(2)18-10-16(12)11-19(18)20(21)22-8-7-15-9-14-5-3-4-6-17(14)15;1-4-17(2,3)16(19)21-11-15(18)20-10-12-5-6-13-7-8-14(13)9-12;1-4-16(2,3)15(17)19-10-9-18-14-11-12-7-5-6-8-13(12)14/h3-10,18-19,22-23,26-29H,11-17H2,1-2H3;3-6,12-13,15-16,18-19H,7-11H2,1-2H3;5-6,9H,4,7-8,10-11H2,1-3H3;5-8,14H,4,9-11H2,1-3H3. The molecule has 0 spiro atoms. The molecule has 0 saturated heterocycles. The first kappa shape index (κ1) is 71.2. The third-order valence-corrected chi connectivity index (χ3v) is 24.8. The van der Waals surface area contributed by atoms with E-state index in [1.165, 1.54) is 62.1 Å². The van der Waals surface area contributed by atoms with E-state index in [2.05, 4.69) is 125 Å². The van der Waals surface area contributed by atoms with Crippen LogP contribution in [0.5, 0.6) is 0 Å². The Morgan fingerprint density at radius 1 is 0.423 bits per heavy atom. The molecule has 4 saturated carbocycles. The van der Waals surface area contributed by atoms with Gasteiger partial charge in [-0.15, -0.1) is 0 Å². The molecule has 0 N–H and O–H groups in total. The predicted molar refractivity (Wildman–Crippen MR) is 373 cm³/mol. The van der Waals surface area contributed by atoms with Gasteiger partial charge in [-0.25, -0.2) is 4.79 Å². The highest BCUT2D eigenvalue weighted by Crippen LogP contribution is 2.59. The lowest BCUT2D eigenvalue weighted by atomic mass is 9.69. The lowest BCUT2D eigenvalue weighted by molar-refractivity contribution is -0.166. The normalized spacial score (nSPS) is 27.2. The molecule has 14 rings (SSSR count). The SMILES string of the molecule is CC1C(C)C2CC1C(C(=O)OCCC1Cc3ccccc31)C2C(=O)OCCC1Cc2ccccc21.CC1C2CC(C(=O)OCCC3Cc4ccccc43)C(C2)C1C.CCC(C)(C)C(=O)OCC(=O)OCc1ccc2c(c1)CC2.CCC(C)(C)C(=O)OCCOC1Cc2ccccc21. The Morgan fingerprint density at radius 3 is 1.32 bits per heavy atom. The molecular formula is C84H106O13. The Bertz CT molecular complexity index is 3510. The van der Waals surface area contributed by atoms with Crippen LogP contribution in [0.25, 0.3) is 0 Å². The number of rotatable bonds is 24. The van der Waals surface area contributed by atoms with Gasteiger partial charge >= 0.3 is 35.8 Å². The largest absolute Gasteiger partial charge is 0.465 e. The fourth-order valence-electron chi connectivity index (χ4n) is 17.0. The monoisotopic (exact) mass is 1320 g/mol. The molecule has 4 fully saturated rings. The summed E-state index contributed by atoms with van der Waals surface area (Å²) >= 11 is 0. The Balaban J connectivity index is 0.000000136. The van der Waals surface area contributed by atoms with Gasteiger partial charge in [0.1, 0.15) is 13.2 Å². The molecule has 15 unspecified atom stereocenters. The molecule has 97 heavy (non-hydrogen) atoms. The van der Waals surface area contributed by atoms with Crippen molar-refractivity contribution >= 4 is 35.8 Å². The van der Waals surface area contributed by atoms with Crippen molar-refractivity contribution in [2.45, 2.75) is 190 Å². The molecule has 5 aromatic rings. The lowest BCUT2D eigenvalue weighted by Gasteiger charge is -2.36. The van der Waals surface area contributed by atoms with Gasteiger partial charge in [0, 0.05) is 6.42 Å². The van der Waals surface area contributed by atoms with E-state index in [0.29, 0.717) is 80.9 Å². The summed E-state index contributed by atoms with van der Waals surface area (Å²) in [5.74, 6) is 3.88. The van der Waals surface area contributed by atoms with Crippen molar-refractivity contribution in [2.75, 3.05) is 39.6 Å². The van der Waals surface area contributed by atoms with Crippen LogP contribution in [0, 0.1) is 75.9 Å². The summed E-state index contributed by atoms with van der Waals surface area (Å²) in [4.78, 5) is 74.0. The van der Waals surface area contributed by atoms with Crippen molar-refractivity contribution < 1.29 is 61.9 Å². The zero-order valence-corrected chi connectivity index (χ0v) is 59.3. The van der Waals surface area contributed by atoms with Crippen LogP contribution in [0.3, 0.4) is 0 Å². The van der Waals surface area contributed by atoms with Crippen LogP contribution in [0.2, 0.25) is 0 Å². The number of carbonyl (C=O) groups excluding carboxylic acids is 6. The minimum atomic E-state index is -0.567. The van der Waals surface area contributed by atoms with Gasteiger partial charge in [-0.2, -0.15) is 0 Å². The molecule has 4 bridgehead atoms. The van der Waals surface area contributed by atoms with E-state index in [1.807, 2.05) is 45.9 Å². The number of aryl methyl sites for hydroxylation is 2. The van der Waals surface area contributed by atoms with Crippen LogP contribution in [-0.4, -0.2) is 75.5 Å². The molecule has 9 aliphatic rings. The zero-order valence-electron chi connectivity index (χ0n) is 59.3. The third kappa shape index (κ3) is 16.1. The van der Waals surface area contributed by atoms with Crippen molar-refractivity contribution in [1.29, 1.82) is 0 Å². The maximum absolute atomic E-state index is 13.3.